The summed E-state index contributed by atoms with van der Waals surface area (Å²) in [6, 6.07) is 3.86. The maximum absolute atomic E-state index is 12.8. The Labute approximate surface area is 135 Å². The molecule has 3 rings (SSSR count). The zero-order valence-electron chi connectivity index (χ0n) is 12.4. The molecule has 1 atom stereocenters. The Morgan fingerprint density at radius 3 is 2.73 bits per heavy atom. The molecule has 1 aliphatic carbocycles. The topological polar surface area (TPSA) is 74.7 Å². The molecule has 1 spiro atoms. The quantitative estimate of drug-likeness (QED) is 0.890. The number of carboxylic acids is 1. The van der Waals surface area contributed by atoms with Crippen LogP contribution in [-0.2, 0) is 21.2 Å². The molecule has 0 amide bonds. The lowest BCUT2D eigenvalue weighted by atomic mass is 9.91. The van der Waals surface area contributed by atoms with Crippen molar-refractivity contribution < 1.29 is 18.3 Å². The van der Waals surface area contributed by atoms with Gasteiger partial charge in [0, 0.05) is 17.0 Å². The molecular weight excluding hydrogens is 322 g/mol. The zero-order valence-corrected chi connectivity index (χ0v) is 14.0. The second kappa shape index (κ2) is 5.94. The summed E-state index contributed by atoms with van der Waals surface area (Å²) in [5.74, 6) is -1.36. The van der Waals surface area contributed by atoms with Crippen molar-refractivity contribution in [1.82, 2.24) is 4.31 Å². The molecule has 0 radical (unpaired) electrons. The van der Waals surface area contributed by atoms with Gasteiger partial charge in [0.1, 0.15) is 0 Å². The van der Waals surface area contributed by atoms with Crippen LogP contribution in [-0.4, -0.2) is 41.6 Å². The minimum Gasteiger partial charge on any atom is -0.481 e. The van der Waals surface area contributed by atoms with Gasteiger partial charge in [0.25, 0.3) is 0 Å². The van der Waals surface area contributed by atoms with Crippen LogP contribution in [0.4, 0.5) is 0 Å². The van der Waals surface area contributed by atoms with E-state index in [-0.39, 0.29) is 12.3 Å². The highest BCUT2D eigenvalue weighted by molar-refractivity contribution is 7.89. The lowest BCUT2D eigenvalue weighted by Gasteiger charge is -2.33. The SMILES string of the molecule is O=C(O)C1CN(S(=O)(=O)CCc2cccs2)C2(CCCC2)C1. The fourth-order valence-electron chi connectivity index (χ4n) is 3.87. The number of hydrogen-bond donors (Lipinski definition) is 1. The van der Waals surface area contributed by atoms with Crippen molar-refractivity contribution in [2.75, 3.05) is 12.3 Å². The first-order valence-electron chi connectivity index (χ1n) is 7.69. The third-order valence-corrected chi connectivity index (χ3v) is 7.81. The third-order valence-electron chi connectivity index (χ3n) is 4.95. The standard InChI is InChI=1S/C15H21NO4S2/c17-14(18)12-10-15(6-1-2-7-15)16(11-12)22(19,20)9-5-13-4-3-8-21-13/h3-4,8,12H,1-2,5-7,9-11H2,(H,17,18). The Kier molecular flexibility index (Phi) is 4.31. The molecule has 1 aromatic heterocycles. The van der Waals surface area contributed by atoms with Crippen LogP contribution in [0.25, 0.3) is 0 Å². The lowest BCUT2D eigenvalue weighted by Crippen LogP contribution is -2.46. The number of aryl methyl sites for hydroxylation is 1. The predicted molar refractivity (Wildman–Crippen MR) is 85.5 cm³/mol. The van der Waals surface area contributed by atoms with Gasteiger partial charge in [0.05, 0.1) is 11.7 Å². The van der Waals surface area contributed by atoms with E-state index in [2.05, 4.69) is 0 Å². The smallest absolute Gasteiger partial charge is 0.307 e. The third kappa shape index (κ3) is 2.94. The second-order valence-electron chi connectivity index (χ2n) is 6.35. The number of carboxylic acid groups (broad SMARTS) is 1. The van der Waals surface area contributed by atoms with Crippen LogP contribution in [0.1, 0.15) is 37.0 Å². The number of carbonyl (C=O) groups is 1. The highest BCUT2D eigenvalue weighted by Crippen LogP contribution is 2.46. The number of sulfonamides is 1. The van der Waals surface area contributed by atoms with Crippen molar-refractivity contribution in [3.8, 4) is 0 Å². The van der Waals surface area contributed by atoms with Gasteiger partial charge in [-0.25, -0.2) is 8.42 Å². The number of nitrogens with zero attached hydrogens (tertiary/aromatic N) is 1. The fourth-order valence-corrected chi connectivity index (χ4v) is 6.66. The minimum absolute atomic E-state index is 0.0710. The first kappa shape index (κ1) is 16.0. The van der Waals surface area contributed by atoms with Gasteiger partial charge >= 0.3 is 5.97 Å². The van der Waals surface area contributed by atoms with Gasteiger partial charge in [-0.05, 0) is 37.1 Å². The van der Waals surface area contributed by atoms with Crippen LogP contribution in [0.2, 0.25) is 0 Å². The van der Waals surface area contributed by atoms with Crippen molar-refractivity contribution >= 4 is 27.3 Å². The zero-order chi connectivity index (χ0) is 15.8. The number of rotatable bonds is 5. The van der Waals surface area contributed by atoms with Gasteiger partial charge in [-0.1, -0.05) is 18.9 Å². The van der Waals surface area contributed by atoms with E-state index < -0.39 is 27.4 Å². The summed E-state index contributed by atoms with van der Waals surface area (Å²) in [6.45, 7) is 0.141. The second-order valence-corrected chi connectivity index (χ2v) is 9.39. The molecule has 1 N–H and O–H groups in total. The Balaban J connectivity index is 1.79. The van der Waals surface area contributed by atoms with E-state index in [1.807, 2.05) is 17.5 Å². The molecule has 2 fully saturated rings. The number of thiophene rings is 1. The summed E-state index contributed by atoms with van der Waals surface area (Å²) in [4.78, 5) is 12.4. The highest BCUT2D eigenvalue weighted by atomic mass is 32.2. The average molecular weight is 343 g/mol. The monoisotopic (exact) mass is 343 g/mol. The van der Waals surface area contributed by atoms with Crippen LogP contribution in [0.5, 0.6) is 0 Å². The molecule has 5 nitrogen and oxygen atoms in total. The number of aliphatic carboxylic acids is 1. The number of hydrogen-bond acceptors (Lipinski definition) is 4. The summed E-state index contributed by atoms with van der Waals surface area (Å²) in [5.41, 5.74) is -0.433. The van der Waals surface area contributed by atoms with Gasteiger partial charge in [-0.2, -0.15) is 4.31 Å². The van der Waals surface area contributed by atoms with Crippen molar-refractivity contribution in [1.29, 1.82) is 0 Å². The normalized spacial score (nSPS) is 25.0. The Morgan fingerprint density at radius 2 is 2.14 bits per heavy atom. The Bertz CT molecular complexity index is 633. The van der Waals surface area contributed by atoms with Crippen molar-refractivity contribution in [3.05, 3.63) is 22.4 Å². The Hall–Kier alpha value is -0.920. The van der Waals surface area contributed by atoms with Crippen LogP contribution in [0, 0.1) is 5.92 Å². The molecule has 1 aliphatic heterocycles. The van der Waals surface area contributed by atoms with E-state index in [0.29, 0.717) is 12.8 Å². The summed E-state index contributed by atoms with van der Waals surface area (Å²) in [7, 11) is -3.42. The first-order valence-corrected chi connectivity index (χ1v) is 10.2. The van der Waals surface area contributed by atoms with Crippen LogP contribution in [0.15, 0.2) is 17.5 Å². The van der Waals surface area contributed by atoms with Crippen LogP contribution in [0.3, 0.4) is 0 Å². The highest BCUT2D eigenvalue weighted by Gasteiger charge is 2.53. The van der Waals surface area contributed by atoms with Gasteiger partial charge < -0.3 is 5.11 Å². The van der Waals surface area contributed by atoms with Gasteiger partial charge in [0.15, 0.2) is 0 Å². The molecule has 1 saturated carbocycles. The Morgan fingerprint density at radius 1 is 1.41 bits per heavy atom. The molecule has 1 saturated heterocycles. The summed E-state index contributed by atoms with van der Waals surface area (Å²) >= 11 is 1.56. The molecule has 0 aromatic carbocycles. The molecule has 1 unspecified atom stereocenters. The maximum Gasteiger partial charge on any atom is 0.307 e. The van der Waals surface area contributed by atoms with E-state index in [9.17, 15) is 18.3 Å². The van der Waals surface area contributed by atoms with Crippen LogP contribution >= 0.6 is 11.3 Å². The van der Waals surface area contributed by atoms with E-state index in [4.69, 9.17) is 0 Å². The van der Waals surface area contributed by atoms with E-state index in [0.717, 1.165) is 30.6 Å². The van der Waals surface area contributed by atoms with Crippen LogP contribution < -0.4 is 0 Å². The first-order chi connectivity index (χ1) is 10.4. The molecule has 2 heterocycles. The summed E-state index contributed by atoms with van der Waals surface area (Å²) in [5, 5.41) is 11.2. The minimum atomic E-state index is -3.42. The van der Waals surface area contributed by atoms with Crippen molar-refractivity contribution in [2.45, 2.75) is 44.1 Å². The molecule has 2 aliphatic rings. The van der Waals surface area contributed by atoms with E-state index in [1.165, 1.54) is 0 Å². The summed E-state index contributed by atoms with van der Waals surface area (Å²) in [6.07, 6.45) is 4.56. The molecule has 1 aromatic rings. The molecule has 7 heteroatoms. The van der Waals surface area contributed by atoms with E-state index in [1.54, 1.807) is 15.6 Å². The predicted octanol–water partition coefficient (Wildman–Crippen LogP) is 2.34. The maximum atomic E-state index is 12.8. The van der Waals surface area contributed by atoms with Gasteiger partial charge in [0.2, 0.25) is 10.0 Å². The van der Waals surface area contributed by atoms with Gasteiger partial charge in [-0.15, -0.1) is 11.3 Å². The fraction of sp³-hybridized carbons (Fsp3) is 0.667. The summed E-state index contributed by atoms with van der Waals surface area (Å²) < 4.78 is 27.1. The van der Waals surface area contributed by atoms with E-state index >= 15 is 0 Å². The largest absolute Gasteiger partial charge is 0.481 e. The van der Waals surface area contributed by atoms with Crippen molar-refractivity contribution in [2.24, 2.45) is 5.92 Å². The molecular formula is C15H21NO4S2. The van der Waals surface area contributed by atoms with Gasteiger partial charge in [-0.3, -0.25) is 4.79 Å². The average Bonchev–Trinajstić information content (AvgIpc) is 3.19. The molecule has 22 heavy (non-hydrogen) atoms. The lowest BCUT2D eigenvalue weighted by molar-refractivity contribution is -0.141. The molecule has 122 valence electrons. The molecule has 0 bridgehead atoms. The van der Waals surface area contributed by atoms with Crippen molar-refractivity contribution in [3.63, 3.8) is 0 Å².